The number of nitrogens with zero attached hydrogens (tertiary/aromatic N) is 3. The van der Waals surface area contributed by atoms with Crippen LogP contribution in [0.4, 0.5) is 0 Å². The molecule has 0 aromatic carbocycles. The summed E-state index contributed by atoms with van der Waals surface area (Å²) in [6.07, 6.45) is 4.59. The number of aliphatic imine (C=N–C) groups is 1. The molecule has 0 radical (unpaired) electrons. The van der Waals surface area contributed by atoms with E-state index in [1.54, 1.807) is 0 Å². The number of rotatable bonds is 6. The fourth-order valence-electron chi connectivity index (χ4n) is 3.61. The van der Waals surface area contributed by atoms with Crippen LogP contribution < -0.4 is 16.4 Å². The van der Waals surface area contributed by atoms with Gasteiger partial charge in [0.1, 0.15) is 0 Å². The highest BCUT2D eigenvalue weighted by Crippen LogP contribution is 2.15. The zero-order valence-electron chi connectivity index (χ0n) is 15.3. The maximum atomic E-state index is 11.0. The number of carbonyl (C=O) groups excluding carboxylic acids is 1. The highest BCUT2D eigenvalue weighted by atomic mass is 16.1. The smallest absolute Gasteiger partial charge is 0.231 e. The van der Waals surface area contributed by atoms with Crippen molar-refractivity contribution in [3.63, 3.8) is 0 Å². The van der Waals surface area contributed by atoms with Gasteiger partial charge in [-0.25, -0.2) is 0 Å². The van der Waals surface area contributed by atoms with Crippen molar-refractivity contribution in [2.24, 2.45) is 16.6 Å². The van der Waals surface area contributed by atoms with Crippen LogP contribution in [0, 0.1) is 5.92 Å². The van der Waals surface area contributed by atoms with Crippen LogP contribution in [0.5, 0.6) is 0 Å². The molecule has 0 aromatic heterocycles. The third-order valence-corrected chi connectivity index (χ3v) is 4.88. The monoisotopic (exact) mass is 338 g/mol. The fourth-order valence-corrected chi connectivity index (χ4v) is 3.61. The molecule has 7 nitrogen and oxygen atoms in total. The van der Waals surface area contributed by atoms with Gasteiger partial charge in [0, 0.05) is 38.8 Å². The number of carbonyl (C=O) groups is 1. The quantitative estimate of drug-likeness (QED) is 0.463. The van der Waals surface area contributed by atoms with Crippen LogP contribution in [0.3, 0.4) is 0 Å². The van der Waals surface area contributed by atoms with Crippen molar-refractivity contribution in [1.29, 1.82) is 0 Å². The molecule has 0 bridgehead atoms. The Hall–Kier alpha value is -1.34. The molecule has 2 rings (SSSR count). The minimum absolute atomic E-state index is 0.242. The average molecular weight is 339 g/mol. The van der Waals surface area contributed by atoms with Crippen molar-refractivity contribution in [2.45, 2.75) is 38.6 Å². The number of nitrogens with two attached hydrogens (primary N) is 1. The predicted molar refractivity (Wildman–Crippen MR) is 98.0 cm³/mol. The molecule has 0 spiro atoms. The van der Waals surface area contributed by atoms with Crippen molar-refractivity contribution in [3.8, 4) is 0 Å². The van der Waals surface area contributed by atoms with E-state index in [4.69, 9.17) is 10.7 Å². The molecular weight excluding hydrogens is 304 g/mol. The summed E-state index contributed by atoms with van der Waals surface area (Å²) in [5.41, 5.74) is 5.27. The second kappa shape index (κ2) is 9.84. The first kappa shape index (κ1) is 19.0. The van der Waals surface area contributed by atoms with E-state index in [1.165, 1.54) is 19.4 Å². The molecule has 2 heterocycles. The van der Waals surface area contributed by atoms with Gasteiger partial charge in [0.05, 0.1) is 6.54 Å². The van der Waals surface area contributed by atoms with Gasteiger partial charge >= 0.3 is 0 Å². The molecule has 0 saturated carbocycles. The predicted octanol–water partition coefficient (Wildman–Crippen LogP) is -0.167. The minimum Gasteiger partial charge on any atom is -0.369 e. The average Bonchev–Trinajstić information content (AvgIpc) is 2.54. The van der Waals surface area contributed by atoms with Crippen LogP contribution in [0.15, 0.2) is 4.99 Å². The summed E-state index contributed by atoms with van der Waals surface area (Å²) in [5.74, 6) is 1.35. The van der Waals surface area contributed by atoms with Gasteiger partial charge < -0.3 is 21.3 Å². The van der Waals surface area contributed by atoms with Crippen molar-refractivity contribution in [1.82, 2.24) is 20.4 Å². The second-order valence-corrected chi connectivity index (χ2v) is 7.15. The van der Waals surface area contributed by atoms with E-state index in [-0.39, 0.29) is 5.91 Å². The van der Waals surface area contributed by atoms with Crippen LogP contribution in [0.2, 0.25) is 0 Å². The van der Waals surface area contributed by atoms with Gasteiger partial charge in [-0.2, -0.15) is 0 Å². The summed E-state index contributed by atoms with van der Waals surface area (Å²) < 4.78 is 0. The van der Waals surface area contributed by atoms with Gasteiger partial charge in [-0.05, 0) is 52.1 Å². The van der Waals surface area contributed by atoms with E-state index >= 15 is 0 Å². The minimum atomic E-state index is -0.242. The van der Waals surface area contributed by atoms with Crippen LogP contribution in [-0.2, 0) is 4.79 Å². The van der Waals surface area contributed by atoms with E-state index in [2.05, 4.69) is 34.4 Å². The first-order chi connectivity index (χ1) is 11.6. The van der Waals surface area contributed by atoms with E-state index in [1.807, 2.05) is 0 Å². The molecule has 2 fully saturated rings. The van der Waals surface area contributed by atoms with Gasteiger partial charge in [-0.15, -0.1) is 0 Å². The summed E-state index contributed by atoms with van der Waals surface area (Å²) in [6.45, 7) is 8.41. The molecule has 2 aliphatic heterocycles. The van der Waals surface area contributed by atoms with Gasteiger partial charge in [-0.3, -0.25) is 14.7 Å². The lowest BCUT2D eigenvalue weighted by atomic mass is 9.99. The highest BCUT2D eigenvalue weighted by Gasteiger charge is 2.21. The molecule has 1 unspecified atom stereocenters. The normalized spacial score (nSPS) is 24.8. The molecule has 1 amide bonds. The Balaban J connectivity index is 1.78. The van der Waals surface area contributed by atoms with Crippen molar-refractivity contribution < 1.29 is 4.79 Å². The number of primary amides is 1. The topological polar surface area (TPSA) is 86.0 Å². The molecule has 0 aromatic rings. The Bertz CT molecular complexity index is 419. The maximum Gasteiger partial charge on any atom is 0.231 e. The number of piperidine rings is 2. The van der Waals surface area contributed by atoms with Crippen LogP contribution >= 0.6 is 0 Å². The Morgan fingerprint density at radius 1 is 1.25 bits per heavy atom. The number of hydrogen-bond acceptors (Lipinski definition) is 4. The Kier molecular flexibility index (Phi) is 7.78. The summed E-state index contributed by atoms with van der Waals surface area (Å²) in [7, 11) is 2.19. The van der Waals surface area contributed by atoms with Crippen LogP contribution in [0.25, 0.3) is 0 Å². The van der Waals surface area contributed by atoms with E-state index in [0.717, 1.165) is 51.5 Å². The van der Waals surface area contributed by atoms with E-state index < -0.39 is 0 Å². The molecule has 1 atom stereocenters. The molecular formula is C17H34N6O. The van der Waals surface area contributed by atoms with Crippen molar-refractivity contribution in [2.75, 3.05) is 52.9 Å². The lowest BCUT2D eigenvalue weighted by Gasteiger charge is -2.32. The summed E-state index contributed by atoms with van der Waals surface area (Å²) in [6, 6.07) is 0.418. The number of nitrogens with one attached hydrogen (secondary N) is 2. The van der Waals surface area contributed by atoms with Crippen LogP contribution in [-0.4, -0.2) is 80.6 Å². The summed E-state index contributed by atoms with van der Waals surface area (Å²) in [5, 5.41) is 6.93. The summed E-state index contributed by atoms with van der Waals surface area (Å²) >= 11 is 0. The lowest BCUT2D eigenvalue weighted by Crippen LogP contribution is -2.50. The van der Waals surface area contributed by atoms with Gasteiger partial charge in [-0.1, -0.05) is 0 Å². The fraction of sp³-hybridized carbons (Fsp3) is 0.882. The van der Waals surface area contributed by atoms with Gasteiger partial charge in [0.2, 0.25) is 5.91 Å². The Labute approximate surface area is 146 Å². The second-order valence-electron chi connectivity index (χ2n) is 7.15. The first-order valence-corrected chi connectivity index (χ1v) is 9.31. The SMILES string of the molecule is CCNC(=NCC1CCCN(C)C1)NC1CCN(CC(N)=O)CC1. The summed E-state index contributed by atoms with van der Waals surface area (Å²) in [4.78, 5) is 20.3. The maximum absolute atomic E-state index is 11.0. The molecule has 2 aliphatic rings. The van der Waals surface area contributed by atoms with Crippen LogP contribution in [0.1, 0.15) is 32.6 Å². The molecule has 7 heteroatoms. The number of guanidine groups is 1. The third kappa shape index (κ3) is 6.65. The number of likely N-dealkylation sites (tertiary alicyclic amines) is 2. The van der Waals surface area contributed by atoms with Crippen molar-refractivity contribution in [3.05, 3.63) is 0 Å². The molecule has 4 N–H and O–H groups in total. The van der Waals surface area contributed by atoms with Gasteiger partial charge in [0.25, 0.3) is 0 Å². The molecule has 0 aliphatic carbocycles. The lowest BCUT2D eigenvalue weighted by molar-refractivity contribution is -0.119. The van der Waals surface area contributed by atoms with Gasteiger partial charge in [0.15, 0.2) is 5.96 Å². The zero-order chi connectivity index (χ0) is 17.4. The standard InChI is InChI=1S/C17H34N6O/c1-3-19-17(20-11-14-5-4-8-22(2)12-14)21-15-6-9-23(10-7-15)13-16(18)24/h14-15H,3-13H2,1-2H3,(H2,18,24)(H2,19,20,21). The Morgan fingerprint density at radius 3 is 2.62 bits per heavy atom. The first-order valence-electron chi connectivity index (χ1n) is 9.31. The number of hydrogen-bond donors (Lipinski definition) is 3. The van der Waals surface area contributed by atoms with E-state index in [0.29, 0.717) is 18.5 Å². The third-order valence-electron chi connectivity index (χ3n) is 4.88. The molecule has 138 valence electrons. The largest absolute Gasteiger partial charge is 0.369 e. The highest BCUT2D eigenvalue weighted by molar-refractivity contribution is 5.80. The van der Waals surface area contributed by atoms with Crippen molar-refractivity contribution >= 4 is 11.9 Å². The molecule has 24 heavy (non-hydrogen) atoms. The zero-order valence-corrected chi connectivity index (χ0v) is 15.3. The number of amides is 1. The molecule has 2 saturated heterocycles. The van der Waals surface area contributed by atoms with E-state index in [9.17, 15) is 4.79 Å². The Morgan fingerprint density at radius 2 is 2.00 bits per heavy atom.